The Kier molecular flexibility index (Phi) is 7.99. The molecule has 0 unspecified atom stereocenters. The maximum atomic E-state index is 13.1. The lowest BCUT2D eigenvalue weighted by atomic mass is 9.95. The van der Waals surface area contributed by atoms with E-state index in [1.165, 1.54) is 23.2 Å². The average Bonchev–Trinajstić information content (AvgIpc) is 2.78. The Hall–Kier alpha value is -3.51. The molecule has 1 fully saturated rings. The van der Waals surface area contributed by atoms with Crippen LogP contribution in [0.25, 0.3) is 0 Å². The third-order valence-electron chi connectivity index (χ3n) is 5.48. The van der Waals surface area contributed by atoms with Crippen molar-refractivity contribution in [2.24, 2.45) is 5.14 Å². The first-order valence-corrected chi connectivity index (χ1v) is 13.0. The van der Waals surface area contributed by atoms with Gasteiger partial charge >= 0.3 is 17.9 Å². The molecule has 36 heavy (non-hydrogen) atoms. The molecule has 0 bridgehead atoms. The van der Waals surface area contributed by atoms with E-state index in [4.69, 9.17) is 9.88 Å². The number of hydrogen-bond acceptors (Lipinski definition) is 7. The first kappa shape index (κ1) is 27.1. The SMILES string of the molecule is Cc1cc(NC(=O)C(=O)N2CCCC[C@H]2c2cccc(S(N)(=O)=O)c2)cnc1NC(=O)OC(C)(C)C. The van der Waals surface area contributed by atoms with Crippen molar-refractivity contribution >= 4 is 39.4 Å². The second-order valence-corrected chi connectivity index (χ2v) is 11.2. The minimum atomic E-state index is -3.91. The highest BCUT2D eigenvalue weighted by atomic mass is 32.2. The Morgan fingerprint density at radius 3 is 2.50 bits per heavy atom. The molecule has 1 atom stereocenters. The Morgan fingerprint density at radius 2 is 1.86 bits per heavy atom. The molecule has 1 aliphatic heterocycles. The van der Waals surface area contributed by atoms with Crippen LogP contribution in [0.5, 0.6) is 0 Å². The van der Waals surface area contributed by atoms with Gasteiger partial charge in [0, 0.05) is 6.54 Å². The number of nitrogens with one attached hydrogen (secondary N) is 2. The van der Waals surface area contributed by atoms with Gasteiger partial charge in [0.05, 0.1) is 22.8 Å². The molecule has 11 nitrogen and oxygen atoms in total. The molecule has 4 N–H and O–H groups in total. The topological polar surface area (TPSA) is 161 Å². The van der Waals surface area contributed by atoms with E-state index < -0.39 is 39.6 Å². The summed E-state index contributed by atoms with van der Waals surface area (Å²) in [6.07, 6.45) is 2.79. The van der Waals surface area contributed by atoms with Gasteiger partial charge in [0.15, 0.2) is 0 Å². The molecule has 3 amide bonds. The molecular formula is C24H31N5O6S. The summed E-state index contributed by atoms with van der Waals surface area (Å²) in [4.78, 5) is 43.4. The highest BCUT2D eigenvalue weighted by Crippen LogP contribution is 2.32. The second-order valence-electron chi connectivity index (χ2n) is 9.60. The fraction of sp³-hybridized carbons (Fsp3) is 0.417. The maximum Gasteiger partial charge on any atom is 0.413 e. The van der Waals surface area contributed by atoms with E-state index in [0.717, 1.165) is 12.8 Å². The van der Waals surface area contributed by atoms with Crippen LogP contribution in [0.1, 0.15) is 57.2 Å². The number of aromatic nitrogens is 1. The Morgan fingerprint density at radius 1 is 1.14 bits per heavy atom. The number of sulfonamides is 1. The second kappa shape index (κ2) is 10.6. The van der Waals surface area contributed by atoms with Crippen LogP contribution < -0.4 is 15.8 Å². The summed E-state index contributed by atoms with van der Waals surface area (Å²) in [5.74, 6) is -1.33. The summed E-state index contributed by atoms with van der Waals surface area (Å²) in [5, 5.41) is 10.4. The zero-order chi connectivity index (χ0) is 26.7. The van der Waals surface area contributed by atoms with Crippen molar-refractivity contribution < 1.29 is 27.5 Å². The number of amides is 3. The van der Waals surface area contributed by atoms with Gasteiger partial charge in [-0.2, -0.15) is 0 Å². The summed E-state index contributed by atoms with van der Waals surface area (Å²) in [7, 11) is -3.91. The first-order chi connectivity index (χ1) is 16.7. The highest BCUT2D eigenvalue weighted by molar-refractivity contribution is 7.89. The number of piperidine rings is 1. The number of aryl methyl sites for hydroxylation is 1. The molecular weight excluding hydrogens is 486 g/mol. The Balaban J connectivity index is 1.72. The van der Waals surface area contributed by atoms with Gasteiger partial charge in [-0.1, -0.05) is 12.1 Å². The van der Waals surface area contributed by atoms with Gasteiger partial charge in [-0.05, 0) is 76.3 Å². The number of likely N-dealkylation sites (tertiary alicyclic amines) is 1. The zero-order valence-corrected chi connectivity index (χ0v) is 21.5. The summed E-state index contributed by atoms with van der Waals surface area (Å²) >= 11 is 0. The Bertz CT molecular complexity index is 1270. The van der Waals surface area contributed by atoms with Crippen molar-refractivity contribution in [1.29, 1.82) is 0 Å². The quantitative estimate of drug-likeness (QED) is 0.525. The summed E-state index contributed by atoms with van der Waals surface area (Å²) in [6, 6.07) is 7.22. The lowest BCUT2D eigenvalue weighted by Crippen LogP contribution is -2.44. The number of pyridine rings is 1. The van der Waals surface area contributed by atoms with Crippen molar-refractivity contribution in [3.63, 3.8) is 0 Å². The molecule has 0 radical (unpaired) electrons. The number of nitrogens with zero attached hydrogens (tertiary/aromatic N) is 2. The van der Waals surface area contributed by atoms with E-state index in [9.17, 15) is 22.8 Å². The van der Waals surface area contributed by atoms with Crippen LogP contribution in [0.4, 0.5) is 16.3 Å². The third-order valence-corrected chi connectivity index (χ3v) is 6.40. The molecule has 2 heterocycles. The van der Waals surface area contributed by atoms with Crippen molar-refractivity contribution in [1.82, 2.24) is 9.88 Å². The summed E-state index contributed by atoms with van der Waals surface area (Å²) < 4.78 is 28.7. The van der Waals surface area contributed by atoms with E-state index in [2.05, 4.69) is 15.6 Å². The molecule has 0 spiro atoms. The molecule has 2 aromatic rings. The number of ether oxygens (including phenoxy) is 1. The van der Waals surface area contributed by atoms with Gasteiger partial charge in [0.1, 0.15) is 11.4 Å². The first-order valence-electron chi connectivity index (χ1n) is 11.5. The van der Waals surface area contributed by atoms with Crippen LogP contribution in [0.15, 0.2) is 41.4 Å². The number of anilines is 2. The molecule has 0 saturated carbocycles. The smallest absolute Gasteiger partial charge is 0.413 e. The number of nitrogens with two attached hydrogens (primary N) is 1. The predicted molar refractivity (Wildman–Crippen MR) is 134 cm³/mol. The van der Waals surface area contributed by atoms with Crippen molar-refractivity contribution in [3.8, 4) is 0 Å². The van der Waals surface area contributed by atoms with Crippen molar-refractivity contribution in [2.45, 2.75) is 63.5 Å². The highest BCUT2D eigenvalue weighted by Gasteiger charge is 2.32. The maximum absolute atomic E-state index is 13.1. The van der Waals surface area contributed by atoms with Gasteiger partial charge in [-0.25, -0.2) is 23.3 Å². The van der Waals surface area contributed by atoms with Crippen LogP contribution in [0, 0.1) is 6.92 Å². The fourth-order valence-corrected chi connectivity index (χ4v) is 4.48. The number of primary sulfonamides is 1. The summed E-state index contributed by atoms with van der Waals surface area (Å²) in [5.41, 5.74) is 0.767. The lowest BCUT2D eigenvalue weighted by Gasteiger charge is -2.35. The van der Waals surface area contributed by atoms with E-state index >= 15 is 0 Å². The number of benzene rings is 1. The van der Waals surface area contributed by atoms with Crippen molar-refractivity contribution in [3.05, 3.63) is 47.7 Å². The largest absolute Gasteiger partial charge is 0.444 e. The average molecular weight is 518 g/mol. The molecule has 194 valence electrons. The Labute approximate surface area is 210 Å². The minimum absolute atomic E-state index is 0.0518. The van der Waals surface area contributed by atoms with E-state index in [1.807, 2.05) is 0 Å². The molecule has 1 aliphatic rings. The third kappa shape index (κ3) is 7.01. The number of carbonyl (C=O) groups excluding carboxylic acids is 3. The van der Waals surface area contributed by atoms with Gasteiger partial charge in [-0.3, -0.25) is 14.9 Å². The monoisotopic (exact) mass is 517 g/mol. The van der Waals surface area contributed by atoms with Gasteiger partial charge in [0.2, 0.25) is 10.0 Å². The van der Waals surface area contributed by atoms with E-state index in [-0.39, 0.29) is 16.4 Å². The zero-order valence-electron chi connectivity index (χ0n) is 20.7. The van der Waals surface area contributed by atoms with Crippen LogP contribution in [-0.2, 0) is 24.3 Å². The normalized spacial score (nSPS) is 16.2. The lowest BCUT2D eigenvalue weighted by molar-refractivity contribution is -0.145. The molecule has 3 rings (SSSR count). The van der Waals surface area contributed by atoms with Gasteiger partial charge in [0.25, 0.3) is 0 Å². The molecule has 1 aromatic carbocycles. The van der Waals surface area contributed by atoms with Gasteiger partial charge < -0.3 is 15.0 Å². The predicted octanol–water partition coefficient (Wildman–Crippen LogP) is 3.08. The molecule has 1 saturated heterocycles. The van der Waals surface area contributed by atoms with Crippen molar-refractivity contribution in [2.75, 3.05) is 17.2 Å². The summed E-state index contributed by atoms with van der Waals surface area (Å²) in [6.45, 7) is 7.27. The van der Waals surface area contributed by atoms with E-state index in [1.54, 1.807) is 45.9 Å². The number of hydrogen-bond donors (Lipinski definition) is 3. The van der Waals surface area contributed by atoms with Crippen LogP contribution in [-0.4, -0.2) is 48.4 Å². The molecule has 12 heteroatoms. The number of rotatable bonds is 4. The van der Waals surface area contributed by atoms with Gasteiger partial charge in [-0.15, -0.1) is 0 Å². The minimum Gasteiger partial charge on any atom is -0.444 e. The standard InChI is InChI=1S/C24H31N5O6S/c1-15-12-17(14-26-20(15)28-23(32)35-24(2,3)4)27-21(30)22(31)29-11-6-5-10-19(29)16-8-7-9-18(13-16)36(25,33)34/h7-9,12-14,19H,5-6,10-11H2,1-4H3,(H,27,30)(H2,25,33,34)(H,26,28,32)/t19-/m0/s1. The molecule has 1 aromatic heterocycles. The fourth-order valence-electron chi connectivity index (χ4n) is 3.91. The van der Waals surface area contributed by atoms with Crippen LogP contribution >= 0.6 is 0 Å². The molecule has 0 aliphatic carbocycles. The number of carbonyl (C=O) groups is 3. The van der Waals surface area contributed by atoms with Crippen LogP contribution in [0.2, 0.25) is 0 Å². The van der Waals surface area contributed by atoms with Crippen LogP contribution in [0.3, 0.4) is 0 Å². The van der Waals surface area contributed by atoms with E-state index in [0.29, 0.717) is 24.1 Å².